The fourth-order valence-corrected chi connectivity index (χ4v) is 3.00. The number of rotatable bonds is 6. The minimum absolute atomic E-state index is 0.107. The Morgan fingerprint density at radius 3 is 2.74 bits per heavy atom. The third-order valence-corrected chi connectivity index (χ3v) is 4.16. The Balaban J connectivity index is 2.15. The van der Waals surface area contributed by atoms with E-state index in [-0.39, 0.29) is 11.5 Å². The van der Waals surface area contributed by atoms with Crippen LogP contribution in [-0.4, -0.2) is 41.6 Å². The number of esters is 1. The molecule has 0 saturated carbocycles. The van der Waals surface area contributed by atoms with Gasteiger partial charge in [-0.2, -0.15) is 18.9 Å². The molecular weight excluding hydrogens is 362 g/mol. The molecular formula is C17H18F2N4O4. The average Bonchev–Trinajstić information content (AvgIpc) is 3.14. The first kappa shape index (κ1) is 18.6. The molecule has 1 N–H and O–H groups in total. The summed E-state index contributed by atoms with van der Waals surface area (Å²) in [6.45, 7) is -1.10. The number of hydrogen-bond donors (Lipinski definition) is 1. The first-order valence-electron chi connectivity index (χ1n) is 8.10. The van der Waals surface area contributed by atoms with Gasteiger partial charge < -0.3 is 19.5 Å². The lowest BCUT2D eigenvalue weighted by molar-refractivity contribution is -0.136. The van der Waals surface area contributed by atoms with Crippen LogP contribution in [-0.2, 0) is 9.53 Å². The standard InChI is InChI=1S/C17H18F2N4O4/c1-4-10-13(15(24)26-3)14(23-17(22-10)20-8-21-23)9-5-6-11(27-16(18)19)12(7-9)25-2/h5-8,14,16H,4H2,1-3H3,(H,20,21,22). The number of hydrogen-bond acceptors (Lipinski definition) is 7. The van der Waals surface area contributed by atoms with Crippen molar-refractivity contribution in [3.8, 4) is 11.5 Å². The van der Waals surface area contributed by atoms with E-state index in [2.05, 4.69) is 20.1 Å². The second-order valence-electron chi connectivity index (χ2n) is 5.58. The van der Waals surface area contributed by atoms with Crippen LogP contribution in [0, 0.1) is 0 Å². The largest absolute Gasteiger partial charge is 0.493 e. The molecule has 144 valence electrons. The van der Waals surface area contributed by atoms with Gasteiger partial charge in [-0.3, -0.25) is 0 Å². The molecule has 1 atom stereocenters. The van der Waals surface area contributed by atoms with E-state index in [1.165, 1.54) is 37.4 Å². The van der Waals surface area contributed by atoms with E-state index >= 15 is 0 Å². The number of allylic oxidation sites excluding steroid dienone is 1. The van der Waals surface area contributed by atoms with Gasteiger partial charge in [0.25, 0.3) is 0 Å². The Bertz CT molecular complexity index is 882. The highest BCUT2D eigenvalue weighted by atomic mass is 19.3. The maximum atomic E-state index is 12.6. The number of nitrogens with one attached hydrogen (secondary N) is 1. The van der Waals surface area contributed by atoms with Crippen molar-refractivity contribution < 1.29 is 27.8 Å². The molecule has 1 aromatic carbocycles. The SMILES string of the molecule is CCC1=C(C(=O)OC)C(c2ccc(OC(F)F)c(OC)c2)n2ncnc2N1. The summed E-state index contributed by atoms with van der Waals surface area (Å²) < 4.78 is 41.3. The summed E-state index contributed by atoms with van der Waals surface area (Å²) in [5.74, 6) is -0.0766. The summed E-state index contributed by atoms with van der Waals surface area (Å²) in [5, 5.41) is 7.26. The number of benzene rings is 1. The zero-order valence-corrected chi connectivity index (χ0v) is 14.9. The fraction of sp³-hybridized carbons (Fsp3) is 0.353. The number of aromatic nitrogens is 3. The van der Waals surface area contributed by atoms with Crippen molar-refractivity contribution in [1.82, 2.24) is 14.8 Å². The molecule has 0 bridgehead atoms. The number of alkyl halides is 2. The van der Waals surface area contributed by atoms with Crippen molar-refractivity contribution in [3.63, 3.8) is 0 Å². The van der Waals surface area contributed by atoms with Gasteiger partial charge in [0, 0.05) is 5.70 Å². The smallest absolute Gasteiger partial charge is 0.387 e. The Hall–Kier alpha value is -3.17. The van der Waals surface area contributed by atoms with E-state index in [4.69, 9.17) is 9.47 Å². The van der Waals surface area contributed by atoms with Gasteiger partial charge in [-0.25, -0.2) is 9.48 Å². The molecule has 3 rings (SSSR count). The third-order valence-electron chi connectivity index (χ3n) is 4.16. The van der Waals surface area contributed by atoms with Crippen molar-refractivity contribution in [2.24, 2.45) is 0 Å². The number of fused-ring (bicyclic) bond motifs is 1. The number of carbonyl (C=O) groups excluding carboxylic acids is 1. The van der Waals surface area contributed by atoms with Gasteiger partial charge in [0.05, 0.1) is 19.8 Å². The summed E-state index contributed by atoms with van der Waals surface area (Å²) in [5.41, 5.74) is 1.56. The van der Waals surface area contributed by atoms with Crippen LogP contribution in [0.3, 0.4) is 0 Å². The maximum absolute atomic E-state index is 12.6. The van der Waals surface area contributed by atoms with Crippen LogP contribution in [0.4, 0.5) is 14.7 Å². The summed E-state index contributed by atoms with van der Waals surface area (Å²) in [7, 11) is 2.63. The molecule has 1 aliphatic heterocycles. The Morgan fingerprint density at radius 1 is 1.33 bits per heavy atom. The fourth-order valence-electron chi connectivity index (χ4n) is 3.00. The molecule has 1 aliphatic rings. The van der Waals surface area contributed by atoms with Crippen LogP contribution in [0.25, 0.3) is 0 Å². The van der Waals surface area contributed by atoms with E-state index in [9.17, 15) is 13.6 Å². The zero-order chi connectivity index (χ0) is 19.6. The lowest BCUT2D eigenvalue weighted by Gasteiger charge is -2.29. The van der Waals surface area contributed by atoms with Crippen molar-refractivity contribution in [1.29, 1.82) is 0 Å². The van der Waals surface area contributed by atoms with Gasteiger partial charge in [0.1, 0.15) is 12.4 Å². The number of ether oxygens (including phenoxy) is 3. The Morgan fingerprint density at radius 2 is 2.11 bits per heavy atom. The predicted molar refractivity (Wildman–Crippen MR) is 90.7 cm³/mol. The van der Waals surface area contributed by atoms with E-state index in [1.807, 2.05) is 6.92 Å². The molecule has 1 unspecified atom stereocenters. The first-order chi connectivity index (χ1) is 13.0. The lowest BCUT2D eigenvalue weighted by atomic mass is 9.94. The van der Waals surface area contributed by atoms with Gasteiger partial charge >= 0.3 is 12.6 Å². The molecule has 27 heavy (non-hydrogen) atoms. The molecule has 0 saturated heterocycles. The molecule has 0 spiro atoms. The highest BCUT2D eigenvalue weighted by Gasteiger charge is 2.35. The first-order valence-corrected chi connectivity index (χ1v) is 8.10. The minimum Gasteiger partial charge on any atom is -0.493 e. The van der Waals surface area contributed by atoms with Crippen LogP contribution in [0.5, 0.6) is 11.5 Å². The summed E-state index contributed by atoms with van der Waals surface area (Å²) in [6.07, 6.45) is 1.88. The molecule has 10 heteroatoms. The maximum Gasteiger partial charge on any atom is 0.387 e. The number of anilines is 1. The van der Waals surface area contributed by atoms with Crippen molar-refractivity contribution in [3.05, 3.63) is 41.4 Å². The van der Waals surface area contributed by atoms with Crippen molar-refractivity contribution in [2.45, 2.75) is 26.0 Å². The molecule has 0 amide bonds. The predicted octanol–water partition coefficient (Wildman–Crippen LogP) is 2.74. The second-order valence-corrected chi connectivity index (χ2v) is 5.58. The van der Waals surface area contributed by atoms with E-state index in [0.29, 0.717) is 29.2 Å². The average molecular weight is 380 g/mol. The van der Waals surface area contributed by atoms with Crippen LogP contribution in [0.15, 0.2) is 35.8 Å². The Labute approximate surface area is 153 Å². The summed E-state index contributed by atoms with van der Waals surface area (Å²) in [4.78, 5) is 16.6. The number of halogens is 2. The summed E-state index contributed by atoms with van der Waals surface area (Å²) in [6, 6.07) is 3.79. The number of carbonyl (C=O) groups is 1. The molecule has 0 aliphatic carbocycles. The molecule has 2 heterocycles. The second kappa shape index (κ2) is 7.60. The van der Waals surface area contributed by atoms with Crippen LogP contribution in [0.1, 0.15) is 24.9 Å². The third kappa shape index (κ3) is 3.42. The highest BCUT2D eigenvalue weighted by molar-refractivity contribution is 5.92. The van der Waals surface area contributed by atoms with Gasteiger partial charge in [-0.05, 0) is 24.1 Å². The highest BCUT2D eigenvalue weighted by Crippen LogP contribution is 2.39. The molecule has 8 nitrogen and oxygen atoms in total. The number of methoxy groups -OCH3 is 2. The molecule has 0 radical (unpaired) electrons. The monoisotopic (exact) mass is 380 g/mol. The lowest BCUT2D eigenvalue weighted by Crippen LogP contribution is -2.30. The topological polar surface area (TPSA) is 87.5 Å². The Kier molecular flexibility index (Phi) is 5.24. The van der Waals surface area contributed by atoms with E-state index in [0.717, 1.165) is 0 Å². The van der Waals surface area contributed by atoms with Gasteiger partial charge in [-0.1, -0.05) is 13.0 Å². The van der Waals surface area contributed by atoms with E-state index in [1.54, 1.807) is 6.07 Å². The molecule has 1 aromatic heterocycles. The van der Waals surface area contributed by atoms with Gasteiger partial charge in [-0.15, -0.1) is 0 Å². The molecule has 0 fully saturated rings. The summed E-state index contributed by atoms with van der Waals surface area (Å²) >= 11 is 0. The van der Waals surface area contributed by atoms with Crippen LogP contribution in [0.2, 0.25) is 0 Å². The number of nitrogens with zero attached hydrogens (tertiary/aromatic N) is 3. The molecule has 2 aromatic rings. The van der Waals surface area contributed by atoms with Crippen molar-refractivity contribution in [2.75, 3.05) is 19.5 Å². The van der Waals surface area contributed by atoms with Gasteiger partial charge in [0.15, 0.2) is 11.5 Å². The quantitative estimate of drug-likeness (QED) is 0.771. The van der Waals surface area contributed by atoms with Crippen molar-refractivity contribution >= 4 is 11.9 Å². The van der Waals surface area contributed by atoms with E-state index < -0.39 is 18.6 Å². The normalized spacial score (nSPS) is 16.0. The zero-order valence-electron chi connectivity index (χ0n) is 14.9. The van der Waals surface area contributed by atoms with Crippen LogP contribution >= 0.6 is 0 Å². The van der Waals surface area contributed by atoms with Crippen LogP contribution < -0.4 is 14.8 Å². The minimum atomic E-state index is -2.98. The van der Waals surface area contributed by atoms with Gasteiger partial charge in [0.2, 0.25) is 5.95 Å².